The van der Waals surface area contributed by atoms with Crippen LogP contribution in [0, 0.1) is 12.7 Å². The summed E-state index contributed by atoms with van der Waals surface area (Å²) in [7, 11) is 0. The van der Waals surface area contributed by atoms with Gasteiger partial charge in [0.1, 0.15) is 18.2 Å². The number of H-pyrrole nitrogens is 1. The molecule has 3 aromatic rings. The Balaban J connectivity index is 1.56. The topological polar surface area (TPSA) is 61.5 Å². The lowest BCUT2D eigenvalue weighted by atomic mass is 9.96. The maximum Gasteiger partial charge on any atom is 0.246 e. The van der Waals surface area contributed by atoms with E-state index in [4.69, 9.17) is 16.3 Å². The van der Waals surface area contributed by atoms with Crippen molar-refractivity contribution < 1.29 is 13.9 Å². The minimum absolute atomic E-state index is 0.00383. The number of benzene rings is 2. The monoisotopic (exact) mass is 440 g/mol. The molecule has 1 fully saturated rings. The molecule has 2 aromatic carbocycles. The predicted molar refractivity (Wildman–Crippen MR) is 118 cm³/mol. The first-order valence-electron chi connectivity index (χ1n) is 10.2. The third kappa shape index (κ3) is 3.28. The molecule has 0 unspecified atom stereocenters. The van der Waals surface area contributed by atoms with Gasteiger partial charge in [0.15, 0.2) is 0 Å². The molecule has 8 heteroatoms. The zero-order valence-electron chi connectivity index (χ0n) is 17.1. The van der Waals surface area contributed by atoms with Gasteiger partial charge in [-0.15, -0.1) is 0 Å². The van der Waals surface area contributed by atoms with Crippen LogP contribution in [0.4, 0.5) is 4.39 Å². The number of ether oxygens (including phenoxy) is 1. The van der Waals surface area contributed by atoms with Gasteiger partial charge in [-0.05, 0) is 30.7 Å². The molecule has 6 nitrogen and oxygen atoms in total. The van der Waals surface area contributed by atoms with E-state index in [1.165, 1.54) is 12.1 Å². The Morgan fingerprint density at radius 1 is 1.39 bits per heavy atom. The molecule has 0 saturated carbocycles. The molecule has 160 valence electrons. The summed E-state index contributed by atoms with van der Waals surface area (Å²) in [4.78, 5) is 23.5. The summed E-state index contributed by atoms with van der Waals surface area (Å²) in [6.45, 7) is 8.19. The van der Waals surface area contributed by atoms with E-state index in [9.17, 15) is 4.79 Å². The van der Waals surface area contributed by atoms with Gasteiger partial charge in [0.2, 0.25) is 5.91 Å². The third-order valence-electron chi connectivity index (χ3n) is 6.18. The van der Waals surface area contributed by atoms with E-state index < -0.39 is 5.82 Å². The van der Waals surface area contributed by atoms with Crippen molar-refractivity contribution in [1.82, 2.24) is 19.8 Å². The molecule has 2 aliphatic heterocycles. The number of carbonyl (C=O) groups is 1. The number of aromatic amines is 1. The van der Waals surface area contributed by atoms with E-state index in [0.29, 0.717) is 60.7 Å². The number of carbonyl (C=O) groups excluding carboxylic acids is 1. The van der Waals surface area contributed by atoms with Crippen molar-refractivity contribution in [1.29, 1.82) is 0 Å². The first-order valence-corrected chi connectivity index (χ1v) is 10.6. The summed E-state index contributed by atoms with van der Waals surface area (Å²) in [6.07, 6.45) is 2.92. The van der Waals surface area contributed by atoms with Gasteiger partial charge in [0.05, 0.1) is 28.4 Å². The van der Waals surface area contributed by atoms with Crippen molar-refractivity contribution in [3.05, 3.63) is 59.1 Å². The lowest BCUT2D eigenvalue weighted by Gasteiger charge is -2.39. The van der Waals surface area contributed by atoms with Gasteiger partial charge >= 0.3 is 0 Å². The fraction of sp³-hybridized carbons (Fsp3) is 0.304. The average molecular weight is 441 g/mol. The van der Waals surface area contributed by atoms with Gasteiger partial charge in [0, 0.05) is 42.9 Å². The van der Waals surface area contributed by atoms with Crippen LogP contribution in [0.5, 0.6) is 5.75 Å². The highest BCUT2D eigenvalue weighted by atomic mass is 35.5. The van der Waals surface area contributed by atoms with Crippen LogP contribution in [-0.4, -0.2) is 58.0 Å². The molecule has 1 aromatic heterocycles. The van der Waals surface area contributed by atoms with Crippen LogP contribution in [0.1, 0.15) is 11.1 Å². The Bertz CT molecular complexity index is 1210. The standard InChI is InChI=1S/C23H22ClFN4O2/c1-3-18(30)29-7-6-28-9-14-8-16(25)20(21(24)23(14)31-11-15(28)10-29)19-13(2)4-5-17-22(19)27-12-26-17/h3-5,8,12,15H,1,6-7,9-11H2,2H3,(H,26,27)/t15-/m1/s1. The average Bonchev–Trinajstić information content (AvgIpc) is 3.16. The van der Waals surface area contributed by atoms with Gasteiger partial charge in [0.25, 0.3) is 0 Å². The molecule has 0 spiro atoms. The Labute approximate surface area is 184 Å². The van der Waals surface area contributed by atoms with E-state index in [2.05, 4.69) is 21.4 Å². The van der Waals surface area contributed by atoms with Crippen molar-refractivity contribution in [2.24, 2.45) is 0 Å². The second-order valence-electron chi connectivity index (χ2n) is 8.02. The smallest absolute Gasteiger partial charge is 0.246 e. The molecule has 5 rings (SSSR count). The number of aromatic nitrogens is 2. The molecular formula is C23H22ClFN4O2. The third-order valence-corrected chi connectivity index (χ3v) is 6.55. The van der Waals surface area contributed by atoms with Gasteiger partial charge in [-0.2, -0.15) is 0 Å². The van der Waals surface area contributed by atoms with Crippen molar-refractivity contribution in [2.75, 3.05) is 26.2 Å². The zero-order chi connectivity index (χ0) is 21.7. The Hall–Kier alpha value is -2.90. The number of nitrogens with zero attached hydrogens (tertiary/aromatic N) is 3. The summed E-state index contributed by atoms with van der Waals surface area (Å²) in [6, 6.07) is 5.36. The number of imidazole rings is 1. The molecule has 3 heterocycles. The maximum absolute atomic E-state index is 15.4. The van der Waals surface area contributed by atoms with Gasteiger partial charge in [-0.25, -0.2) is 9.37 Å². The molecule has 2 aliphatic rings. The first kappa shape index (κ1) is 20.0. The number of hydrogen-bond donors (Lipinski definition) is 1. The van der Waals surface area contributed by atoms with Crippen molar-refractivity contribution in [2.45, 2.75) is 19.5 Å². The van der Waals surface area contributed by atoms with Crippen LogP contribution in [-0.2, 0) is 11.3 Å². The quantitative estimate of drug-likeness (QED) is 0.613. The summed E-state index contributed by atoms with van der Waals surface area (Å²) < 4.78 is 21.6. The highest BCUT2D eigenvalue weighted by Gasteiger charge is 2.34. The molecular weight excluding hydrogens is 419 g/mol. The fourth-order valence-electron chi connectivity index (χ4n) is 4.56. The molecule has 31 heavy (non-hydrogen) atoms. The lowest BCUT2D eigenvalue weighted by molar-refractivity contribution is -0.129. The van der Waals surface area contributed by atoms with E-state index in [1.807, 2.05) is 19.1 Å². The number of piperazine rings is 1. The number of hydrogen-bond acceptors (Lipinski definition) is 4. The zero-order valence-corrected chi connectivity index (χ0v) is 17.9. The predicted octanol–water partition coefficient (Wildman–Crippen LogP) is 3.92. The minimum atomic E-state index is -0.398. The molecule has 0 bridgehead atoms. The minimum Gasteiger partial charge on any atom is -0.490 e. The second kappa shape index (κ2) is 7.66. The first-order chi connectivity index (χ1) is 15.0. The molecule has 1 saturated heterocycles. The molecule has 1 amide bonds. The number of halogens is 2. The highest BCUT2D eigenvalue weighted by Crippen LogP contribution is 2.44. The lowest BCUT2D eigenvalue weighted by Crippen LogP contribution is -2.55. The number of rotatable bonds is 2. The summed E-state index contributed by atoms with van der Waals surface area (Å²) in [5.74, 6) is 0.0150. The van der Waals surface area contributed by atoms with Gasteiger partial charge in [-0.1, -0.05) is 24.2 Å². The van der Waals surface area contributed by atoms with Crippen LogP contribution in [0.3, 0.4) is 0 Å². The van der Waals surface area contributed by atoms with Crippen LogP contribution >= 0.6 is 11.6 Å². The Morgan fingerprint density at radius 3 is 3.03 bits per heavy atom. The Morgan fingerprint density at radius 2 is 2.23 bits per heavy atom. The molecule has 0 radical (unpaired) electrons. The van der Waals surface area contributed by atoms with E-state index in [1.54, 1.807) is 11.2 Å². The van der Waals surface area contributed by atoms with E-state index in [0.717, 1.165) is 11.1 Å². The summed E-state index contributed by atoms with van der Waals surface area (Å²) >= 11 is 6.78. The summed E-state index contributed by atoms with van der Waals surface area (Å²) in [5, 5.41) is 0.257. The van der Waals surface area contributed by atoms with Gasteiger partial charge < -0.3 is 14.6 Å². The number of amides is 1. The van der Waals surface area contributed by atoms with Crippen LogP contribution in [0.15, 0.2) is 37.2 Å². The number of fused-ring (bicyclic) bond motifs is 3. The molecule has 1 atom stereocenters. The molecule has 0 aliphatic carbocycles. The fourth-order valence-corrected chi connectivity index (χ4v) is 4.92. The van der Waals surface area contributed by atoms with Crippen molar-refractivity contribution in [3.63, 3.8) is 0 Å². The molecule has 1 N–H and O–H groups in total. The van der Waals surface area contributed by atoms with Crippen LogP contribution < -0.4 is 4.74 Å². The largest absolute Gasteiger partial charge is 0.490 e. The van der Waals surface area contributed by atoms with Gasteiger partial charge in [-0.3, -0.25) is 9.69 Å². The Kier molecular flexibility index (Phi) is 4.95. The normalized spacial score (nSPS) is 18.8. The number of aryl methyl sites for hydroxylation is 1. The maximum atomic E-state index is 15.4. The SMILES string of the molecule is C=CC(=O)N1CCN2Cc3cc(F)c(-c4c(C)ccc5[nH]cnc45)c(Cl)c3OC[C@H]2C1. The van der Waals surface area contributed by atoms with Crippen LogP contribution in [0.2, 0.25) is 5.02 Å². The summed E-state index contributed by atoms with van der Waals surface area (Å²) in [5.41, 5.74) is 4.05. The van der Waals surface area contributed by atoms with E-state index in [-0.39, 0.29) is 17.0 Å². The van der Waals surface area contributed by atoms with Crippen LogP contribution in [0.25, 0.3) is 22.2 Å². The van der Waals surface area contributed by atoms with Crippen molar-refractivity contribution in [3.8, 4) is 16.9 Å². The van der Waals surface area contributed by atoms with Crippen molar-refractivity contribution >= 4 is 28.5 Å². The highest BCUT2D eigenvalue weighted by molar-refractivity contribution is 6.35. The number of nitrogens with one attached hydrogen (secondary N) is 1. The second-order valence-corrected chi connectivity index (χ2v) is 8.39. The van der Waals surface area contributed by atoms with E-state index >= 15 is 4.39 Å².